The molecule has 1 saturated heterocycles. The zero-order valence-electron chi connectivity index (χ0n) is 9.73. The number of carbonyl (C=O) groups excluding carboxylic acids is 1. The van der Waals surface area contributed by atoms with Crippen LogP contribution in [-0.2, 0) is 0 Å². The lowest BCUT2D eigenvalue weighted by atomic mass is 10.1. The van der Waals surface area contributed by atoms with Crippen molar-refractivity contribution in [2.24, 2.45) is 0 Å². The van der Waals surface area contributed by atoms with Crippen LogP contribution in [0.15, 0.2) is 18.3 Å². The Bertz CT molecular complexity index is 374. The molecule has 0 unspecified atom stereocenters. The second kappa shape index (κ2) is 4.61. The molecule has 1 aliphatic rings. The maximum Gasteiger partial charge on any atom is 0.255 e. The number of hydrogen-bond acceptors (Lipinski definition) is 3. The van der Waals surface area contributed by atoms with Gasteiger partial charge in [0.25, 0.3) is 5.91 Å². The highest BCUT2D eigenvalue weighted by atomic mass is 16.2. The largest absolute Gasteiger partial charge is 0.333 e. The number of hydrogen-bond donors (Lipinski definition) is 1. The summed E-state index contributed by atoms with van der Waals surface area (Å²) in [5.41, 5.74) is 1.62. The average molecular weight is 219 g/mol. The second-order valence-electron chi connectivity index (χ2n) is 4.24. The highest BCUT2D eigenvalue weighted by Gasteiger charge is 2.23. The van der Waals surface area contributed by atoms with Crippen LogP contribution in [0.3, 0.4) is 0 Å². The molecule has 4 heteroatoms. The van der Waals surface area contributed by atoms with Crippen molar-refractivity contribution in [3.05, 3.63) is 29.6 Å². The van der Waals surface area contributed by atoms with Gasteiger partial charge in [-0.05, 0) is 26.0 Å². The maximum atomic E-state index is 12.2. The fourth-order valence-electron chi connectivity index (χ4n) is 1.90. The first kappa shape index (κ1) is 11.1. The van der Waals surface area contributed by atoms with Crippen LogP contribution in [0.5, 0.6) is 0 Å². The summed E-state index contributed by atoms with van der Waals surface area (Å²) in [5, 5.41) is 3.27. The van der Waals surface area contributed by atoms with Gasteiger partial charge in [-0.15, -0.1) is 0 Å². The minimum Gasteiger partial charge on any atom is -0.333 e. The normalized spacial score (nSPS) is 20.9. The van der Waals surface area contributed by atoms with Gasteiger partial charge in [0, 0.05) is 37.6 Å². The molecule has 16 heavy (non-hydrogen) atoms. The zero-order valence-corrected chi connectivity index (χ0v) is 9.73. The van der Waals surface area contributed by atoms with Crippen LogP contribution in [0.2, 0.25) is 0 Å². The molecule has 1 N–H and O–H groups in total. The number of carbonyl (C=O) groups is 1. The van der Waals surface area contributed by atoms with Crippen molar-refractivity contribution < 1.29 is 4.79 Å². The Morgan fingerprint density at radius 2 is 2.38 bits per heavy atom. The number of aromatic nitrogens is 1. The Hall–Kier alpha value is -1.42. The molecule has 86 valence electrons. The Labute approximate surface area is 95.7 Å². The Morgan fingerprint density at radius 3 is 3.00 bits per heavy atom. The number of pyridine rings is 1. The van der Waals surface area contributed by atoms with Crippen LogP contribution in [0.1, 0.15) is 23.0 Å². The fourth-order valence-corrected chi connectivity index (χ4v) is 1.90. The van der Waals surface area contributed by atoms with E-state index in [0.717, 1.165) is 25.3 Å². The first-order chi connectivity index (χ1) is 7.68. The van der Waals surface area contributed by atoms with Crippen molar-refractivity contribution in [3.8, 4) is 0 Å². The molecular weight excluding hydrogens is 202 g/mol. The minimum absolute atomic E-state index is 0.0847. The highest BCUT2D eigenvalue weighted by Crippen LogP contribution is 2.09. The molecule has 0 radical (unpaired) electrons. The van der Waals surface area contributed by atoms with E-state index < -0.39 is 0 Å². The topological polar surface area (TPSA) is 45.2 Å². The monoisotopic (exact) mass is 219 g/mol. The van der Waals surface area contributed by atoms with Crippen molar-refractivity contribution in [3.63, 3.8) is 0 Å². The van der Waals surface area contributed by atoms with Crippen LogP contribution in [0.4, 0.5) is 0 Å². The van der Waals surface area contributed by atoms with Gasteiger partial charge in [0.1, 0.15) is 0 Å². The highest BCUT2D eigenvalue weighted by molar-refractivity contribution is 5.94. The van der Waals surface area contributed by atoms with Gasteiger partial charge in [-0.3, -0.25) is 9.78 Å². The van der Waals surface area contributed by atoms with Crippen LogP contribution >= 0.6 is 0 Å². The third-order valence-electron chi connectivity index (χ3n) is 2.92. The number of nitrogens with zero attached hydrogens (tertiary/aromatic N) is 2. The standard InChI is InChI=1S/C12H17N3O/c1-9-3-4-11(8-14-9)12(16)15-6-5-13-7-10(15)2/h3-4,8,10,13H,5-7H2,1-2H3/t10-/m1/s1. The van der Waals surface area contributed by atoms with Crippen LogP contribution in [0.25, 0.3) is 0 Å². The van der Waals surface area contributed by atoms with Gasteiger partial charge in [-0.25, -0.2) is 0 Å². The number of rotatable bonds is 1. The Kier molecular flexibility index (Phi) is 3.19. The molecule has 1 aromatic heterocycles. The summed E-state index contributed by atoms with van der Waals surface area (Å²) in [7, 11) is 0. The van der Waals surface area contributed by atoms with Crippen molar-refractivity contribution >= 4 is 5.91 Å². The van der Waals surface area contributed by atoms with Gasteiger partial charge in [0.2, 0.25) is 0 Å². The van der Waals surface area contributed by atoms with Crippen LogP contribution < -0.4 is 5.32 Å². The molecule has 0 aromatic carbocycles. The summed E-state index contributed by atoms with van der Waals surface area (Å²) in [6.07, 6.45) is 1.66. The van der Waals surface area contributed by atoms with E-state index in [1.807, 2.05) is 24.0 Å². The molecule has 0 bridgehead atoms. The van der Waals surface area contributed by atoms with E-state index >= 15 is 0 Å². The van der Waals surface area contributed by atoms with Gasteiger partial charge < -0.3 is 10.2 Å². The smallest absolute Gasteiger partial charge is 0.255 e. The lowest BCUT2D eigenvalue weighted by Gasteiger charge is -2.33. The molecule has 1 aromatic rings. The first-order valence-corrected chi connectivity index (χ1v) is 5.63. The summed E-state index contributed by atoms with van der Waals surface area (Å²) in [6.45, 7) is 6.49. The predicted octanol–water partition coefficient (Wildman–Crippen LogP) is 0.824. The van der Waals surface area contributed by atoms with E-state index in [9.17, 15) is 4.79 Å². The van der Waals surface area contributed by atoms with E-state index in [1.165, 1.54) is 0 Å². The molecular formula is C12H17N3O. The van der Waals surface area contributed by atoms with Crippen molar-refractivity contribution in [2.45, 2.75) is 19.9 Å². The predicted molar refractivity (Wildman–Crippen MR) is 62.3 cm³/mol. The molecule has 1 atom stereocenters. The van der Waals surface area contributed by atoms with E-state index in [4.69, 9.17) is 0 Å². The summed E-state index contributed by atoms with van der Waals surface area (Å²) in [4.78, 5) is 18.2. The van der Waals surface area contributed by atoms with Crippen molar-refractivity contribution in [1.29, 1.82) is 0 Å². The van der Waals surface area contributed by atoms with E-state index in [-0.39, 0.29) is 11.9 Å². The fraction of sp³-hybridized carbons (Fsp3) is 0.500. The Balaban J connectivity index is 2.14. The molecule has 4 nitrogen and oxygen atoms in total. The van der Waals surface area contributed by atoms with E-state index in [2.05, 4.69) is 17.2 Å². The number of aryl methyl sites for hydroxylation is 1. The molecule has 1 fully saturated rings. The third kappa shape index (κ3) is 2.22. The number of nitrogens with one attached hydrogen (secondary N) is 1. The quantitative estimate of drug-likeness (QED) is 0.760. The maximum absolute atomic E-state index is 12.2. The molecule has 1 aliphatic heterocycles. The molecule has 2 heterocycles. The molecule has 0 saturated carbocycles. The summed E-state index contributed by atoms with van der Waals surface area (Å²) in [6, 6.07) is 3.97. The third-order valence-corrected chi connectivity index (χ3v) is 2.92. The Morgan fingerprint density at radius 1 is 1.56 bits per heavy atom. The van der Waals surface area contributed by atoms with Gasteiger partial charge in [0.05, 0.1) is 5.56 Å². The van der Waals surface area contributed by atoms with Crippen molar-refractivity contribution in [1.82, 2.24) is 15.2 Å². The zero-order chi connectivity index (χ0) is 11.5. The minimum atomic E-state index is 0.0847. The number of piperazine rings is 1. The van der Waals surface area contributed by atoms with Crippen molar-refractivity contribution in [2.75, 3.05) is 19.6 Å². The lowest BCUT2D eigenvalue weighted by molar-refractivity contribution is 0.0655. The van der Waals surface area contributed by atoms with Gasteiger partial charge in [0.15, 0.2) is 0 Å². The molecule has 1 amide bonds. The van der Waals surface area contributed by atoms with Gasteiger partial charge >= 0.3 is 0 Å². The second-order valence-corrected chi connectivity index (χ2v) is 4.24. The molecule has 0 spiro atoms. The lowest BCUT2D eigenvalue weighted by Crippen LogP contribution is -2.52. The van der Waals surface area contributed by atoms with Gasteiger partial charge in [-0.1, -0.05) is 0 Å². The van der Waals surface area contributed by atoms with Crippen LogP contribution in [0, 0.1) is 6.92 Å². The SMILES string of the molecule is Cc1ccc(C(=O)N2CCNC[C@H]2C)cn1. The summed E-state index contributed by atoms with van der Waals surface area (Å²) >= 11 is 0. The van der Waals surface area contributed by atoms with Crippen LogP contribution in [-0.4, -0.2) is 41.5 Å². The molecule has 2 rings (SSSR count). The first-order valence-electron chi connectivity index (χ1n) is 5.63. The summed E-state index contributed by atoms with van der Waals surface area (Å²) in [5.74, 6) is 0.0847. The van der Waals surface area contributed by atoms with Gasteiger partial charge in [-0.2, -0.15) is 0 Å². The van der Waals surface area contributed by atoms with E-state index in [0.29, 0.717) is 5.56 Å². The number of amides is 1. The average Bonchev–Trinajstić information content (AvgIpc) is 2.30. The summed E-state index contributed by atoms with van der Waals surface area (Å²) < 4.78 is 0. The van der Waals surface area contributed by atoms with E-state index in [1.54, 1.807) is 6.20 Å². The molecule has 0 aliphatic carbocycles.